The molecular weight excluding hydrogens is 402 g/mol. The van der Waals surface area contributed by atoms with Crippen molar-refractivity contribution in [1.29, 1.82) is 0 Å². The fourth-order valence-electron chi connectivity index (χ4n) is 3.81. The summed E-state index contributed by atoms with van der Waals surface area (Å²) in [7, 11) is 2.15. The SMILES string of the molecule is Cc1ccc(N)c(C)c1C(=O)Nc1cnc(Nc2ccc(N3CCN(C)CC3)cc2)nc1. The van der Waals surface area contributed by atoms with Crippen molar-refractivity contribution in [3.05, 3.63) is 65.5 Å². The van der Waals surface area contributed by atoms with Gasteiger partial charge < -0.3 is 26.2 Å². The highest BCUT2D eigenvalue weighted by Gasteiger charge is 2.15. The molecule has 0 bridgehead atoms. The van der Waals surface area contributed by atoms with E-state index >= 15 is 0 Å². The molecule has 1 amide bonds. The molecule has 0 aliphatic carbocycles. The molecule has 1 aliphatic rings. The maximum absolute atomic E-state index is 12.7. The first kappa shape index (κ1) is 21.6. The van der Waals surface area contributed by atoms with Crippen molar-refractivity contribution < 1.29 is 4.79 Å². The van der Waals surface area contributed by atoms with E-state index in [9.17, 15) is 4.79 Å². The number of likely N-dealkylation sites (N-methyl/N-ethyl adjacent to an activating group) is 1. The molecule has 1 fully saturated rings. The van der Waals surface area contributed by atoms with Crippen LogP contribution in [0.3, 0.4) is 0 Å². The van der Waals surface area contributed by atoms with Crippen LogP contribution in [-0.4, -0.2) is 54.0 Å². The second kappa shape index (κ2) is 9.23. The van der Waals surface area contributed by atoms with Crippen molar-refractivity contribution in [2.24, 2.45) is 0 Å². The van der Waals surface area contributed by atoms with Crippen LogP contribution in [0.2, 0.25) is 0 Å². The highest BCUT2D eigenvalue weighted by Crippen LogP contribution is 2.23. The minimum atomic E-state index is -0.226. The summed E-state index contributed by atoms with van der Waals surface area (Å²) in [6.07, 6.45) is 3.17. The van der Waals surface area contributed by atoms with Gasteiger partial charge in [0.2, 0.25) is 5.95 Å². The molecule has 2 heterocycles. The van der Waals surface area contributed by atoms with Gasteiger partial charge in [0, 0.05) is 48.8 Å². The van der Waals surface area contributed by atoms with Crippen LogP contribution in [0.15, 0.2) is 48.8 Å². The Kier molecular flexibility index (Phi) is 6.23. The average molecular weight is 432 g/mol. The van der Waals surface area contributed by atoms with Crippen LogP contribution in [-0.2, 0) is 0 Å². The Labute approximate surface area is 188 Å². The number of benzene rings is 2. The fraction of sp³-hybridized carbons (Fsp3) is 0.292. The molecule has 8 nitrogen and oxygen atoms in total. The molecule has 0 spiro atoms. The maximum Gasteiger partial charge on any atom is 0.256 e. The molecule has 0 saturated carbocycles. The Bertz CT molecular complexity index is 1090. The zero-order valence-corrected chi connectivity index (χ0v) is 18.7. The topological polar surface area (TPSA) is 99.4 Å². The van der Waals surface area contributed by atoms with Gasteiger partial charge in [-0.1, -0.05) is 6.07 Å². The number of hydrogen-bond donors (Lipinski definition) is 3. The molecular formula is C24H29N7O. The van der Waals surface area contributed by atoms with E-state index in [1.54, 1.807) is 12.4 Å². The first-order valence-electron chi connectivity index (χ1n) is 10.7. The number of aryl methyl sites for hydroxylation is 1. The molecule has 4 N–H and O–H groups in total. The van der Waals surface area contributed by atoms with Gasteiger partial charge in [-0.25, -0.2) is 9.97 Å². The third kappa shape index (κ3) is 4.81. The summed E-state index contributed by atoms with van der Waals surface area (Å²) in [6, 6.07) is 11.9. The third-order valence-electron chi connectivity index (χ3n) is 5.84. The predicted molar refractivity (Wildman–Crippen MR) is 130 cm³/mol. The highest BCUT2D eigenvalue weighted by atomic mass is 16.1. The van der Waals surface area contributed by atoms with E-state index in [2.05, 4.69) is 49.6 Å². The van der Waals surface area contributed by atoms with Gasteiger partial charge in [-0.15, -0.1) is 0 Å². The number of aromatic nitrogens is 2. The number of carbonyl (C=O) groups excluding carboxylic acids is 1. The minimum Gasteiger partial charge on any atom is -0.398 e. The number of rotatable bonds is 5. The molecule has 0 atom stereocenters. The van der Waals surface area contributed by atoms with Gasteiger partial charge in [0.1, 0.15) is 0 Å². The molecule has 8 heteroatoms. The summed E-state index contributed by atoms with van der Waals surface area (Å²) >= 11 is 0. The van der Waals surface area contributed by atoms with Crippen molar-refractivity contribution in [2.75, 3.05) is 54.5 Å². The van der Waals surface area contributed by atoms with E-state index in [1.807, 2.05) is 38.1 Å². The molecule has 1 aromatic heterocycles. The van der Waals surface area contributed by atoms with Crippen molar-refractivity contribution in [3.63, 3.8) is 0 Å². The van der Waals surface area contributed by atoms with E-state index in [0.717, 1.165) is 43.0 Å². The first-order valence-corrected chi connectivity index (χ1v) is 10.7. The van der Waals surface area contributed by atoms with Crippen LogP contribution < -0.4 is 21.3 Å². The molecule has 166 valence electrons. The lowest BCUT2D eigenvalue weighted by Gasteiger charge is -2.34. The number of nitrogens with one attached hydrogen (secondary N) is 2. The number of hydrogen-bond acceptors (Lipinski definition) is 7. The molecule has 4 rings (SSSR count). The lowest BCUT2D eigenvalue weighted by atomic mass is 10.0. The molecule has 0 radical (unpaired) electrons. The Morgan fingerprint density at radius 2 is 1.59 bits per heavy atom. The number of anilines is 5. The van der Waals surface area contributed by atoms with E-state index in [-0.39, 0.29) is 5.91 Å². The lowest BCUT2D eigenvalue weighted by molar-refractivity contribution is 0.102. The zero-order valence-electron chi connectivity index (χ0n) is 18.7. The molecule has 2 aromatic carbocycles. The molecule has 3 aromatic rings. The van der Waals surface area contributed by atoms with Crippen molar-refractivity contribution in [2.45, 2.75) is 13.8 Å². The summed E-state index contributed by atoms with van der Waals surface area (Å²) < 4.78 is 0. The van der Waals surface area contributed by atoms with Crippen molar-refractivity contribution in [3.8, 4) is 0 Å². The maximum atomic E-state index is 12.7. The standard InChI is InChI=1S/C24H29N7O/c1-16-4-9-21(25)17(2)22(16)23(32)28-19-14-26-24(27-15-19)29-18-5-7-20(8-6-18)31-12-10-30(3)11-13-31/h4-9,14-15H,10-13,25H2,1-3H3,(H,28,32)(H,26,27,29). The number of nitrogen functional groups attached to an aromatic ring is 1. The summed E-state index contributed by atoms with van der Waals surface area (Å²) in [6.45, 7) is 7.96. The molecule has 1 saturated heterocycles. The van der Waals surface area contributed by atoms with Gasteiger partial charge >= 0.3 is 0 Å². The van der Waals surface area contributed by atoms with Gasteiger partial charge in [-0.3, -0.25) is 4.79 Å². The van der Waals surface area contributed by atoms with E-state index in [4.69, 9.17) is 5.73 Å². The van der Waals surface area contributed by atoms with E-state index < -0.39 is 0 Å². The van der Waals surface area contributed by atoms with Crippen LogP contribution in [0.1, 0.15) is 21.5 Å². The normalized spacial score (nSPS) is 14.3. The zero-order chi connectivity index (χ0) is 22.7. The largest absolute Gasteiger partial charge is 0.398 e. The summed E-state index contributed by atoms with van der Waals surface area (Å²) in [5.74, 6) is 0.239. The third-order valence-corrected chi connectivity index (χ3v) is 5.84. The number of nitrogens with two attached hydrogens (primary N) is 1. The summed E-state index contributed by atoms with van der Waals surface area (Å²) in [5, 5.41) is 6.05. The van der Waals surface area contributed by atoms with Crippen LogP contribution in [0.25, 0.3) is 0 Å². The van der Waals surface area contributed by atoms with Crippen LogP contribution in [0.4, 0.5) is 28.7 Å². The number of nitrogens with zero attached hydrogens (tertiary/aromatic N) is 4. The van der Waals surface area contributed by atoms with Crippen LogP contribution >= 0.6 is 0 Å². The predicted octanol–water partition coefficient (Wildman–Crippen LogP) is 3.42. The van der Waals surface area contributed by atoms with E-state index in [0.29, 0.717) is 22.9 Å². The number of carbonyl (C=O) groups is 1. The van der Waals surface area contributed by atoms with Crippen molar-refractivity contribution >= 4 is 34.6 Å². The molecule has 0 unspecified atom stereocenters. The minimum absolute atomic E-state index is 0.226. The van der Waals surface area contributed by atoms with Gasteiger partial charge in [-0.2, -0.15) is 0 Å². The summed E-state index contributed by atoms with van der Waals surface area (Å²) in [5.41, 5.74) is 11.4. The number of amides is 1. The smallest absolute Gasteiger partial charge is 0.256 e. The quantitative estimate of drug-likeness (QED) is 0.532. The average Bonchev–Trinajstić information content (AvgIpc) is 2.79. The fourth-order valence-corrected chi connectivity index (χ4v) is 3.81. The summed E-state index contributed by atoms with van der Waals surface area (Å²) in [4.78, 5) is 26.1. The Morgan fingerprint density at radius 1 is 0.938 bits per heavy atom. The highest BCUT2D eigenvalue weighted by molar-refractivity contribution is 6.07. The van der Waals surface area contributed by atoms with Crippen LogP contribution in [0, 0.1) is 13.8 Å². The molecule has 32 heavy (non-hydrogen) atoms. The van der Waals surface area contributed by atoms with Crippen molar-refractivity contribution in [1.82, 2.24) is 14.9 Å². The van der Waals surface area contributed by atoms with Gasteiger partial charge in [0.25, 0.3) is 5.91 Å². The first-order chi connectivity index (χ1) is 15.4. The monoisotopic (exact) mass is 431 g/mol. The second-order valence-corrected chi connectivity index (χ2v) is 8.18. The Morgan fingerprint density at radius 3 is 2.25 bits per heavy atom. The van der Waals surface area contributed by atoms with Gasteiger partial charge in [0.05, 0.1) is 18.1 Å². The van der Waals surface area contributed by atoms with Gasteiger partial charge in [0.15, 0.2) is 0 Å². The van der Waals surface area contributed by atoms with Gasteiger partial charge in [-0.05, 0) is 62.4 Å². The lowest BCUT2D eigenvalue weighted by Crippen LogP contribution is -2.44. The molecule has 1 aliphatic heterocycles. The van der Waals surface area contributed by atoms with Crippen LogP contribution in [0.5, 0.6) is 0 Å². The second-order valence-electron chi connectivity index (χ2n) is 8.18. The Hall–Kier alpha value is -3.65. The Balaban J connectivity index is 1.38. The number of piperazine rings is 1. The van der Waals surface area contributed by atoms with E-state index in [1.165, 1.54) is 5.69 Å².